The number of hydrogen-bond acceptors (Lipinski definition) is 3. The number of anilines is 1. The lowest BCUT2D eigenvalue weighted by atomic mass is 9.86. The molecule has 0 spiro atoms. The second kappa shape index (κ2) is 4.97. The highest BCUT2D eigenvalue weighted by molar-refractivity contribution is 7.10. The predicted molar refractivity (Wildman–Crippen MR) is 75.5 cm³/mol. The van der Waals surface area contributed by atoms with Crippen molar-refractivity contribution >= 4 is 28.7 Å². The van der Waals surface area contributed by atoms with Crippen LogP contribution in [0.25, 0.3) is 0 Å². The number of fused-ring (bicyclic) bond motifs is 1. The van der Waals surface area contributed by atoms with Gasteiger partial charge in [0.15, 0.2) is 5.78 Å². The first-order valence-corrected chi connectivity index (χ1v) is 7.10. The molecule has 1 atom stereocenters. The maximum atomic E-state index is 12.3. The van der Waals surface area contributed by atoms with Crippen LogP contribution in [0.3, 0.4) is 0 Å². The van der Waals surface area contributed by atoms with E-state index in [1.54, 1.807) is 11.3 Å². The van der Waals surface area contributed by atoms with Gasteiger partial charge in [0.2, 0.25) is 5.91 Å². The van der Waals surface area contributed by atoms with E-state index in [0.717, 1.165) is 22.5 Å². The highest BCUT2D eigenvalue weighted by atomic mass is 32.1. The Labute approximate surface area is 115 Å². The zero-order valence-corrected chi connectivity index (χ0v) is 11.1. The van der Waals surface area contributed by atoms with E-state index in [4.69, 9.17) is 0 Å². The fraction of sp³-hybridized carbons (Fsp3) is 0.200. The molecule has 3 rings (SSSR count). The zero-order valence-electron chi connectivity index (χ0n) is 10.3. The largest absolute Gasteiger partial charge is 0.325 e. The third-order valence-corrected chi connectivity index (χ3v) is 4.33. The van der Waals surface area contributed by atoms with Crippen LogP contribution in [0.5, 0.6) is 0 Å². The molecule has 0 radical (unpaired) electrons. The zero-order chi connectivity index (χ0) is 13.2. The summed E-state index contributed by atoms with van der Waals surface area (Å²) in [4.78, 5) is 25.5. The van der Waals surface area contributed by atoms with E-state index in [9.17, 15) is 9.59 Å². The molecule has 1 aliphatic rings. The van der Waals surface area contributed by atoms with Crippen LogP contribution in [-0.2, 0) is 11.2 Å². The van der Waals surface area contributed by atoms with Gasteiger partial charge in [-0.15, -0.1) is 11.3 Å². The molecule has 0 saturated heterocycles. The molecule has 19 heavy (non-hydrogen) atoms. The van der Waals surface area contributed by atoms with Gasteiger partial charge in [0.1, 0.15) is 5.92 Å². The van der Waals surface area contributed by atoms with E-state index in [-0.39, 0.29) is 11.7 Å². The number of benzene rings is 1. The summed E-state index contributed by atoms with van der Waals surface area (Å²) in [5.41, 5.74) is 1.46. The first kappa shape index (κ1) is 12.1. The minimum absolute atomic E-state index is 0.0454. The van der Waals surface area contributed by atoms with Crippen molar-refractivity contribution < 1.29 is 9.59 Å². The molecule has 0 bridgehead atoms. The molecule has 1 aromatic heterocycles. The third-order valence-electron chi connectivity index (χ3n) is 3.35. The van der Waals surface area contributed by atoms with Crippen LogP contribution in [0, 0.1) is 5.92 Å². The number of para-hydroxylation sites is 1. The molecule has 1 unspecified atom stereocenters. The third kappa shape index (κ3) is 2.31. The molecular weight excluding hydrogens is 258 g/mol. The van der Waals surface area contributed by atoms with Crippen LogP contribution in [-0.4, -0.2) is 11.7 Å². The minimum Gasteiger partial charge on any atom is -0.325 e. The predicted octanol–water partition coefficient (Wildman–Crippen LogP) is 3.13. The Kier molecular flexibility index (Phi) is 3.17. The number of hydrogen-bond donors (Lipinski definition) is 1. The van der Waals surface area contributed by atoms with Gasteiger partial charge < -0.3 is 5.32 Å². The molecule has 1 heterocycles. The molecule has 0 aliphatic heterocycles. The molecule has 1 aliphatic carbocycles. The summed E-state index contributed by atoms with van der Waals surface area (Å²) in [5.74, 6) is -0.800. The van der Waals surface area contributed by atoms with Gasteiger partial charge in [0, 0.05) is 16.1 Å². The van der Waals surface area contributed by atoms with Crippen LogP contribution in [0.1, 0.15) is 21.7 Å². The van der Waals surface area contributed by atoms with E-state index in [0.29, 0.717) is 6.42 Å². The van der Waals surface area contributed by atoms with Gasteiger partial charge in [-0.2, -0.15) is 0 Å². The Morgan fingerprint density at radius 2 is 2.00 bits per heavy atom. The SMILES string of the molecule is O=C(Nc1ccccc1)C1CCc2sccc2C1=O. The first-order valence-electron chi connectivity index (χ1n) is 6.22. The van der Waals surface area contributed by atoms with Crippen LogP contribution in [0.4, 0.5) is 5.69 Å². The molecule has 4 heteroatoms. The summed E-state index contributed by atoms with van der Waals surface area (Å²) in [5, 5.41) is 4.73. The van der Waals surface area contributed by atoms with Gasteiger partial charge in [0.05, 0.1) is 0 Å². The fourth-order valence-corrected chi connectivity index (χ4v) is 3.25. The van der Waals surface area contributed by atoms with E-state index >= 15 is 0 Å². The number of aryl methyl sites for hydroxylation is 1. The smallest absolute Gasteiger partial charge is 0.235 e. The lowest BCUT2D eigenvalue weighted by Crippen LogP contribution is -2.32. The summed E-state index contributed by atoms with van der Waals surface area (Å²) < 4.78 is 0. The number of carbonyl (C=O) groups is 2. The molecule has 1 amide bonds. The highest BCUT2D eigenvalue weighted by Crippen LogP contribution is 2.30. The van der Waals surface area contributed by atoms with Crippen molar-refractivity contribution in [2.45, 2.75) is 12.8 Å². The summed E-state index contributed by atoms with van der Waals surface area (Å²) in [6.07, 6.45) is 1.41. The normalized spacial score (nSPS) is 17.9. The molecule has 3 nitrogen and oxygen atoms in total. The minimum atomic E-state index is -0.553. The van der Waals surface area contributed by atoms with Crippen LogP contribution in [0.2, 0.25) is 0 Å². The monoisotopic (exact) mass is 271 g/mol. The Morgan fingerprint density at radius 1 is 1.21 bits per heavy atom. The van der Waals surface area contributed by atoms with Crippen molar-refractivity contribution in [3.63, 3.8) is 0 Å². The van der Waals surface area contributed by atoms with Crippen LogP contribution in [0.15, 0.2) is 41.8 Å². The summed E-state index contributed by atoms with van der Waals surface area (Å²) in [7, 11) is 0. The van der Waals surface area contributed by atoms with Crippen molar-refractivity contribution in [2.75, 3.05) is 5.32 Å². The molecule has 96 valence electrons. The van der Waals surface area contributed by atoms with Crippen molar-refractivity contribution in [3.05, 3.63) is 52.2 Å². The quantitative estimate of drug-likeness (QED) is 0.853. The van der Waals surface area contributed by atoms with E-state index in [2.05, 4.69) is 5.32 Å². The Balaban J connectivity index is 1.77. The summed E-state index contributed by atoms with van der Waals surface area (Å²) in [6.45, 7) is 0. The van der Waals surface area contributed by atoms with Gasteiger partial charge in [0.25, 0.3) is 0 Å². The topological polar surface area (TPSA) is 46.2 Å². The fourth-order valence-electron chi connectivity index (χ4n) is 2.35. The standard InChI is InChI=1S/C15H13NO2S/c17-14-11-8-9-19-13(11)7-6-12(14)15(18)16-10-4-2-1-3-5-10/h1-5,8-9,12H,6-7H2,(H,16,18). The molecule has 0 fully saturated rings. The van der Waals surface area contributed by atoms with Crippen LogP contribution < -0.4 is 5.32 Å². The second-order valence-electron chi connectivity index (χ2n) is 4.57. The summed E-state index contributed by atoms with van der Waals surface area (Å²) >= 11 is 1.59. The lowest BCUT2D eigenvalue weighted by molar-refractivity contribution is -0.118. The van der Waals surface area contributed by atoms with Crippen molar-refractivity contribution in [2.24, 2.45) is 5.92 Å². The number of amides is 1. The summed E-state index contributed by atoms with van der Waals surface area (Å²) in [6, 6.07) is 11.1. The number of Topliss-reactive ketones (excluding diaryl/α,β-unsaturated/α-hetero) is 1. The molecule has 0 saturated carbocycles. The molecule has 1 aromatic carbocycles. The Morgan fingerprint density at radius 3 is 2.79 bits per heavy atom. The van der Waals surface area contributed by atoms with Crippen molar-refractivity contribution in [1.29, 1.82) is 0 Å². The molecule has 2 aromatic rings. The molecule has 1 N–H and O–H groups in total. The van der Waals surface area contributed by atoms with E-state index in [1.807, 2.05) is 41.8 Å². The Bertz CT molecular complexity index is 618. The van der Waals surface area contributed by atoms with Crippen molar-refractivity contribution in [3.8, 4) is 0 Å². The Hall–Kier alpha value is -1.94. The molecular formula is C15H13NO2S. The number of rotatable bonds is 2. The van der Waals surface area contributed by atoms with Gasteiger partial charge in [-0.05, 0) is 36.4 Å². The number of ketones is 1. The van der Waals surface area contributed by atoms with Gasteiger partial charge in [-0.25, -0.2) is 0 Å². The number of carbonyl (C=O) groups excluding carboxylic acids is 2. The lowest BCUT2D eigenvalue weighted by Gasteiger charge is -2.20. The van der Waals surface area contributed by atoms with Crippen molar-refractivity contribution in [1.82, 2.24) is 0 Å². The van der Waals surface area contributed by atoms with Gasteiger partial charge >= 0.3 is 0 Å². The van der Waals surface area contributed by atoms with E-state index < -0.39 is 5.92 Å². The van der Waals surface area contributed by atoms with Gasteiger partial charge in [-0.3, -0.25) is 9.59 Å². The average Bonchev–Trinajstić information content (AvgIpc) is 2.89. The number of thiophene rings is 1. The maximum Gasteiger partial charge on any atom is 0.235 e. The van der Waals surface area contributed by atoms with Crippen LogP contribution >= 0.6 is 11.3 Å². The number of nitrogens with one attached hydrogen (secondary N) is 1. The highest BCUT2D eigenvalue weighted by Gasteiger charge is 2.33. The average molecular weight is 271 g/mol. The maximum absolute atomic E-state index is 12.3. The van der Waals surface area contributed by atoms with Gasteiger partial charge in [-0.1, -0.05) is 18.2 Å². The van der Waals surface area contributed by atoms with E-state index in [1.165, 1.54) is 0 Å². The second-order valence-corrected chi connectivity index (χ2v) is 5.57. The first-order chi connectivity index (χ1) is 9.25.